The summed E-state index contributed by atoms with van der Waals surface area (Å²) in [6.07, 6.45) is 4.73. The zero-order valence-corrected chi connectivity index (χ0v) is 13.3. The van der Waals surface area contributed by atoms with Crippen molar-refractivity contribution in [2.75, 3.05) is 7.11 Å². The lowest BCUT2D eigenvalue weighted by atomic mass is 10.1. The van der Waals surface area contributed by atoms with Crippen molar-refractivity contribution in [3.63, 3.8) is 0 Å². The van der Waals surface area contributed by atoms with Gasteiger partial charge in [-0.15, -0.1) is 0 Å². The lowest BCUT2D eigenvalue weighted by Crippen LogP contribution is -2.07. The van der Waals surface area contributed by atoms with Gasteiger partial charge in [-0.05, 0) is 36.8 Å². The van der Waals surface area contributed by atoms with Crippen LogP contribution >= 0.6 is 0 Å². The average Bonchev–Trinajstić information content (AvgIpc) is 2.98. The molecule has 0 aliphatic heterocycles. The van der Waals surface area contributed by atoms with Crippen molar-refractivity contribution in [3.8, 4) is 17.5 Å². The molecule has 1 aromatic carbocycles. The predicted molar refractivity (Wildman–Crippen MR) is 86.3 cm³/mol. The van der Waals surface area contributed by atoms with Crippen LogP contribution in [-0.2, 0) is 4.74 Å². The standard InChI is InChI=1S/C18H13F2N3O2/c1-25-14-6-4-13(5-7-14)23-17(20)16(10-24)22-18(23)11-2-3-12(9-21)15(19)8-11/h2-4,6,8,10H,5,7H2,1H3. The van der Waals surface area contributed by atoms with Gasteiger partial charge in [0, 0.05) is 17.7 Å². The number of benzene rings is 1. The summed E-state index contributed by atoms with van der Waals surface area (Å²) in [5, 5.41) is 8.83. The zero-order chi connectivity index (χ0) is 18.0. The highest BCUT2D eigenvalue weighted by atomic mass is 19.1. The van der Waals surface area contributed by atoms with Crippen molar-refractivity contribution in [2.24, 2.45) is 0 Å². The van der Waals surface area contributed by atoms with Crippen LogP contribution in [0.25, 0.3) is 17.1 Å². The summed E-state index contributed by atoms with van der Waals surface area (Å²) in [5.74, 6) is -0.688. The third-order valence-corrected chi connectivity index (χ3v) is 3.94. The second kappa shape index (κ2) is 6.69. The van der Waals surface area contributed by atoms with Crippen LogP contribution < -0.4 is 0 Å². The average molecular weight is 341 g/mol. The third kappa shape index (κ3) is 2.94. The largest absolute Gasteiger partial charge is 0.501 e. The molecule has 0 radical (unpaired) electrons. The van der Waals surface area contributed by atoms with Crippen LogP contribution in [0.3, 0.4) is 0 Å². The fourth-order valence-electron chi connectivity index (χ4n) is 2.66. The summed E-state index contributed by atoms with van der Waals surface area (Å²) in [4.78, 5) is 15.1. The first-order chi connectivity index (χ1) is 12.1. The van der Waals surface area contributed by atoms with Gasteiger partial charge in [0.05, 0.1) is 18.4 Å². The molecule has 0 atom stereocenters. The molecular weight excluding hydrogens is 328 g/mol. The molecule has 0 N–H and O–H groups in total. The number of hydrogen-bond acceptors (Lipinski definition) is 4. The number of allylic oxidation sites excluding steroid dienone is 4. The molecule has 1 aliphatic rings. The van der Waals surface area contributed by atoms with Gasteiger partial charge in [0.15, 0.2) is 12.0 Å². The molecule has 0 fully saturated rings. The van der Waals surface area contributed by atoms with Crippen LogP contribution in [0, 0.1) is 23.1 Å². The van der Waals surface area contributed by atoms with Crippen LogP contribution in [0.4, 0.5) is 8.78 Å². The van der Waals surface area contributed by atoms with E-state index in [1.165, 1.54) is 16.7 Å². The minimum Gasteiger partial charge on any atom is -0.501 e. The molecule has 0 spiro atoms. The van der Waals surface area contributed by atoms with E-state index in [-0.39, 0.29) is 22.6 Å². The molecule has 1 heterocycles. The monoisotopic (exact) mass is 341 g/mol. The summed E-state index contributed by atoms with van der Waals surface area (Å²) in [7, 11) is 1.55. The van der Waals surface area contributed by atoms with Crippen LogP contribution in [0.2, 0.25) is 0 Å². The molecule has 0 bridgehead atoms. The van der Waals surface area contributed by atoms with Gasteiger partial charge < -0.3 is 4.74 Å². The van der Waals surface area contributed by atoms with E-state index in [0.717, 1.165) is 11.8 Å². The molecule has 2 aromatic rings. The Kier molecular flexibility index (Phi) is 4.44. The van der Waals surface area contributed by atoms with Crippen LogP contribution in [-0.4, -0.2) is 22.9 Å². The van der Waals surface area contributed by atoms with Crippen molar-refractivity contribution >= 4 is 12.0 Å². The summed E-state index contributed by atoms with van der Waals surface area (Å²) in [6, 6.07) is 5.59. The maximum atomic E-state index is 14.6. The number of nitrogens with zero attached hydrogens (tertiary/aromatic N) is 3. The Morgan fingerprint density at radius 1 is 1.32 bits per heavy atom. The number of hydrogen-bond donors (Lipinski definition) is 0. The van der Waals surface area contributed by atoms with Gasteiger partial charge >= 0.3 is 0 Å². The van der Waals surface area contributed by atoms with E-state index >= 15 is 0 Å². The first-order valence-corrected chi connectivity index (χ1v) is 7.46. The molecule has 5 nitrogen and oxygen atoms in total. The van der Waals surface area contributed by atoms with Crippen molar-refractivity contribution in [3.05, 3.63) is 59.1 Å². The van der Waals surface area contributed by atoms with E-state index in [4.69, 9.17) is 10.00 Å². The maximum absolute atomic E-state index is 14.6. The predicted octanol–water partition coefficient (Wildman–Crippen LogP) is 3.68. The third-order valence-electron chi connectivity index (χ3n) is 3.94. The molecular formula is C18H13F2N3O2. The SMILES string of the molecule is COC1=CC=C(n2c(-c3ccc(C#N)c(F)c3)nc(C=O)c2F)CC1. The number of carbonyl (C=O) groups excluding carboxylic acids is 1. The maximum Gasteiger partial charge on any atom is 0.229 e. The summed E-state index contributed by atoms with van der Waals surface area (Å²) in [6.45, 7) is 0. The molecule has 0 unspecified atom stereocenters. The van der Waals surface area contributed by atoms with Crippen molar-refractivity contribution in [1.29, 1.82) is 5.26 Å². The van der Waals surface area contributed by atoms with Crippen molar-refractivity contribution in [2.45, 2.75) is 12.8 Å². The van der Waals surface area contributed by atoms with Crippen LogP contribution in [0.5, 0.6) is 0 Å². The highest BCUT2D eigenvalue weighted by molar-refractivity contribution is 5.76. The minimum atomic E-state index is -0.810. The zero-order valence-electron chi connectivity index (χ0n) is 13.3. The second-order valence-corrected chi connectivity index (χ2v) is 5.37. The number of methoxy groups -OCH3 is 1. The number of nitriles is 1. The van der Waals surface area contributed by atoms with Crippen molar-refractivity contribution < 1.29 is 18.3 Å². The fraction of sp³-hybridized carbons (Fsp3) is 0.167. The van der Waals surface area contributed by atoms with E-state index < -0.39 is 11.8 Å². The Morgan fingerprint density at radius 2 is 2.12 bits per heavy atom. The van der Waals surface area contributed by atoms with Gasteiger partial charge in [-0.2, -0.15) is 9.65 Å². The van der Waals surface area contributed by atoms with Gasteiger partial charge in [-0.3, -0.25) is 9.36 Å². The molecule has 126 valence electrons. The van der Waals surface area contributed by atoms with Crippen LogP contribution in [0.15, 0.2) is 36.1 Å². The Hall–Kier alpha value is -3.27. The van der Waals surface area contributed by atoms with Gasteiger partial charge in [0.2, 0.25) is 5.95 Å². The molecule has 0 amide bonds. The number of imidazole rings is 1. The number of carbonyl (C=O) groups is 1. The first kappa shape index (κ1) is 16.6. The number of ether oxygens (including phenoxy) is 1. The summed E-state index contributed by atoms with van der Waals surface area (Å²) < 4.78 is 34.9. The van der Waals surface area contributed by atoms with Gasteiger partial charge in [0.25, 0.3) is 0 Å². The topological polar surface area (TPSA) is 67.9 Å². The highest BCUT2D eigenvalue weighted by Gasteiger charge is 2.22. The van der Waals surface area contributed by atoms with Crippen molar-refractivity contribution in [1.82, 2.24) is 9.55 Å². The molecule has 1 aromatic heterocycles. The number of rotatable bonds is 4. The molecule has 1 aliphatic carbocycles. The van der Waals surface area contributed by atoms with Gasteiger partial charge in [-0.25, -0.2) is 9.37 Å². The molecule has 3 rings (SSSR count). The minimum absolute atomic E-state index is 0.100. The molecule has 25 heavy (non-hydrogen) atoms. The number of aromatic nitrogens is 2. The first-order valence-electron chi connectivity index (χ1n) is 7.46. The summed E-state index contributed by atoms with van der Waals surface area (Å²) >= 11 is 0. The normalized spacial score (nSPS) is 13.7. The van der Waals surface area contributed by atoms with E-state index in [9.17, 15) is 13.6 Å². The Bertz CT molecular complexity index is 952. The lowest BCUT2D eigenvalue weighted by molar-refractivity contribution is 0.111. The number of halogens is 2. The number of aldehydes is 1. The van der Waals surface area contributed by atoms with Gasteiger partial charge in [0.1, 0.15) is 17.7 Å². The fourth-order valence-corrected chi connectivity index (χ4v) is 2.66. The Labute approximate surface area is 142 Å². The quantitative estimate of drug-likeness (QED) is 0.796. The molecule has 0 saturated heterocycles. The lowest BCUT2D eigenvalue weighted by Gasteiger charge is -2.17. The van der Waals surface area contributed by atoms with E-state index in [2.05, 4.69) is 4.98 Å². The Balaban J connectivity index is 2.17. The summed E-state index contributed by atoms with van der Waals surface area (Å²) in [5.41, 5.74) is 0.356. The molecule has 7 heteroatoms. The van der Waals surface area contributed by atoms with E-state index in [1.807, 2.05) is 0 Å². The van der Waals surface area contributed by atoms with E-state index in [0.29, 0.717) is 24.8 Å². The second-order valence-electron chi connectivity index (χ2n) is 5.37. The van der Waals surface area contributed by atoms with E-state index in [1.54, 1.807) is 25.3 Å². The smallest absolute Gasteiger partial charge is 0.229 e. The van der Waals surface area contributed by atoms with Crippen LogP contribution in [0.1, 0.15) is 28.9 Å². The van der Waals surface area contributed by atoms with Gasteiger partial charge in [-0.1, -0.05) is 0 Å². The molecule has 0 saturated carbocycles. The highest BCUT2D eigenvalue weighted by Crippen LogP contribution is 2.31. The Morgan fingerprint density at radius 3 is 2.68 bits per heavy atom.